The zero-order valence-corrected chi connectivity index (χ0v) is 12.7. The van der Waals surface area contributed by atoms with E-state index in [1.165, 1.54) is 5.56 Å². The number of ether oxygens (including phenoxy) is 2. The molecule has 2 fully saturated rings. The van der Waals surface area contributed by atoms with Crippen molar-refractivity contribution < 1.29 is 14.3 Å². The van der Waals surface area contributed by atoms with E-state index < -0.39 is 5.60 Å². The fraction of sp³-hybridized carbons (Fsp3) is 0.438. The van der Waals surface area contributed by atoms with Crippen molar-refractivity contribution in [1.82, 2.24) is 0 Å². The van der Waals surface area contributed by atoms with Crippen LogP contribution >= 0.6 is 15.9 Å². The second-order valence-corrected chi connectivity index (χ2v) is 6.70. The monoisotopic (exact) mass is 334 g/mol. The highest BCUT2D eigenvalue weighted by Crippen LogP contribution is 2.58. The molecule has 2 bridgehead atoms. The van der Waals surface area contributed by atoms with Gasteiger partial charge in [-0.1, -0.05) is 34.1 Å². The number of epoxide rings is 1. The van der Waals surface area contributed by atoms with Gasteiger partial charge in [0.2, 0.25) is 0 Å². The summed E-state index contributed by atoms with van der Waals surface area (Å²) >= 11 is 3.62. The number of halogens is 1. The van der Waals surface area contributed by atoms with E-state index in [2.05, 4.69) is 34.1 Å². The van der Waals surface area contributed by atoms with Crippen molar-refractivity contribution in [1.29, 1.82) is 0 Å². The molecule has 4 aliphatic rings. The molecule has 1 saturated heterocycles. The van der Waals surface area contributed by atoms with Crippen molar-refractivity contribution >= 4 is 21.7 Å². The Balaban J connectivity index is 1.70. The summed E-state index contributed by atoms with van der Waals surface area (Å²) in [6.45, 7) is 0.589. The highest BCUT2D eigenvalue weighted by Gasteiger charge is 2.66. The van der Waals surface area contributed by atoms with Crippen LogP contribution in [-0.4, -0.2) is 25.1 Å². The third-order valence-corrected chi connectivity index (χ3v) is 5.69. The topological polar surface area (TPSA) is 38.8 Å². The summed E-state index contributed by atoms with van der Waals surface area (Å²) in [7, 11) is 1.66. The molecule has 1 aliphatic heterocycles. The Morgan fingerprint density at radius 3 is 2.65 bits per heavy atom. The maximum Gasteiger partial charge on any atom is 0.175 e. The van der Waals surface area contributed by atoms with Crippen LogP contribution in [0.1, 0.15) is 17.9 Å². The number of benzene rings is 1. The molecule has 1 saturated carbocycles. The number of rotatable bonds is 2. The van der Waals surface area contributed by atoms with Crippen LogP contribution in [0.2, 0.25) is 0 Å². The molecule has 3 nitrogen and oxygen atoms in total. The minimum Gasteiger partial charge on any atom is -0.497 e. The van der Waals surface area contributed by atoms with Gasteiger partial charge in [-0.15, -0.1) is 0 Å². The summed E-state index contributed by atoms with van der Waals surface area (Å²) in [5, 5.41) is 0. The number of carbonyl (C=O) groups excluding carboxylic acids is 1. The molecule has 0 radical (unpaired) electrons. The van der Waals surface area contributed by atoms with Crippen molar-refractivity contribution in [2.24, 2.45) is 11.8 Å². The molecule has 1 spiro atoms. The number of hydrogen-bond donors (Lipinski definition) is 0. The Bertz CT molecular complexity index is 601. The van der Waals surface area contributed by atoms with E-state index in [9.17, 15) is 4.79 Å². The van der Waals surface area contributed by atoms with Crippen LogP contribution in [0.15, 0.2) is 34.8 Å². The first-order chi connectivity index (χ1) is 9.65. The van der Waals surface area contributed by atoms with Crippen molar-refractivity contribution in [3.8, 4) is 5.75 Å². The Hall–Kier alpha value is -1.13. The Morgan fingerprint density at radius 1 is 1.35 bits per heavy atom. The van der Waals surface area contributed by atoms with E-state index in [-0.39, 0.29) is 23.5 Å². The lowest BCUT2D eigenvalue weighted by Crippen LogP contribution is -2.49. The largest absolute Gasteiger partial charge is 0.497 e. The van der Waals surface area contributed by atoms with Crippen molar-refractivity contribution in [2.75, 3.05) is 13.7 Å². The number of allylic oxidation sites excluding steroid dienone is 1. The van der Waals surface area contributed by atoms with Gasteiger partial charge in [-0.25, -0.2) is 0 Å². The van der Waals surface area contributed by atoms with E-state index in [1.54, 1.807) is 7.11 Å². The average molecular weight is 335 g/mol. The van der Waals surface area contributed by atoms with Gasteiger partial charge in [-0.05, 0) is 34.5 Å². The summed E-state index contributed by atoms with van der Waals surface area (Å²) in [6, 6.07) is 8.06. The van der Waals surface area contributed by atoms with Crippen LogP contribution in [-0.2, 0) is 9.53 Å². The van der Waals surface area contributed by atoms with Gasteiger partial charge in [-0.2, -0.15) is 0 Å². The number of hydrogen-bond acceptors (Lipinski definition) is 3. The molecule has 4 atom stereocenters. The molecule has 1 aromatic rings. The van der Waals surface area contributed by atoms with Crippen LogP contribution in [0.4, 0.5) is 0 Å². The molecule has 20 heavy (non-hydrogen) atoms. The third kappa shape index (κ3) is 1.58. The van der Waals surface area contributed by atoms with E-state index in [0.29, 0.717) is 6.61 Å². The maximum atomic E-state index is 12.6. The van der Waals surface area contributed by atoms with Gasteiger partial charge in [0.1, 0.15) is 5.75 Å². The first kappa shape index (κ1) is 12.6. The molecule has 0 amide bonds. The van der Waals surface area contributed by atoms with E-state index >= 15 is 0 Å². The van der Waals surface area contributed by atoms with Crippen LogP contribution in [0.25, 0.3) is 0 Å². The average Bonchev–Trinajstić information content (AvgIpc) is 3.26. The minimum atomic E-state index is -0.499. The standard InChI is InChI=1S/C16H15BrO3/c1-19-10-4-2-9(3-5-10)11-6-13-14(17)7-12(11)15(18)16(13)8-20-16/h2-5,7,11-13H,6,8H2,1H3/t11-,12?,13+,16+/m1/s1. The molecule has 1 unspecified atom stereocenters. The van der Waals surface area contributed by atoms with Gasteiger partial charge in [0, 0.05) is 11.8 Å². The fourth-order valence-electron chi connectivity index (χ4n) is 3.66. The summed E-state index contributed by atoms with van der Waals surface area (Å²) in [5.74, 6) is 1.49. The summed E-state index contributed by atoms with van der Waals surface area (Å²) in [6.07, 6.45) is 3.05. The van der Waals surface area contributed by atoms with Gasteiger partial charge in [-0.3, -0.25) is 4.79 Å². The lowest BCUT2D eigenvalue weighted by molar-refractivity contribution is -0.132. The van der Waals surface area contributed by atoms with Gasteiger partial charge < -0.3 is 9.47 Å². The molecule has 104 valence electrons. The number of carbonyl (C=O) groups is 1. The SMILES string of the molecule is COc1ccc([C@H]2C[C@H]3C(Br)=CC2C(=O)[C@]32CO2)cc1. The molecule has 4 heteroatoms. The summed E-state index contributed by atoms with van der Waals surface area (Å²) in [4.78, 5) is 12.6. The second kappa shape index (κ2) is 4.18. The second-order valence-electron chi connectivity index (χ2n) is 5.79. The molecule has 1 aromatic carbocycles. The van der Waals surface area contributed by atoms with E-state index in [4.69, 9.17) is 9.47 Å². The zero-order valence-electron chi connectivity index (χ0n) is 11.1. The number of Topliss-reactive ketones (excluding diaryl/α,β-unsaturated/α-hetero) is 1. The fourth-order valence-corrected chi connectivity index (χ4v) is 4.50. The summed E-state index contributed by atoms with van der Waals surface area (Å²) in [5.41, 5.74) is 0.710. The lowest BCUT2D eigenvalue weighted by atomic mass is 9.61. The van der Waals surface area contributed by atoms with Crippen LogP contribution in [0.5, 0.6) is 5.75 Å². The maximum absolute atomic E-state index is 12.6. The highest BCUT2D eigenvalue weighted by atomic mass is 79.9. The predicted molar refractivity (Wildman–Crippen MR) is 78.0 cm³/mol. The predicted octanol–water partition coefficient (Wildman–Crippen LogP) is 3.05. The number of ketones is 1. The Kier molecular flexibility index (Phi) is 2.63. The van der Waals surface area contributed by atoms with Crippen LogP contribution in [0.3, 0.4) is 0 Å². The molecule has 0 N–H and O–H groups in total. The van der Waals surface area contributed by atoms with Gasteiger partial charge in [0.05, 0.1) is 13.7 Å². The van der Waals surface area contributed by atoms with Gasteiger partial charge in [0.15, 0.2) is 11.4 Å². The smallest absolute Gasteiger partial charge is 0.175 e. The van der Waals surface area contributed by atoms with Crippen molar-refractivity contribution in [3.05, 3.63) is 40.4 Å². The van der Waals surface area contributed by atoms with Gasteiger partial charge in [0.25, 0.3) is 0 Å². The quantitative estimate of drug-likeness (QED) is 0.780. The summed E-state index contributed by atoms with van der Waals surface area (Å²) < 4.78 is 11.9. The highest BCUT2D eigenvalue weighted by molar-refractivity contribution is 9.11. The van der Waals surface area contributed by atoms with Crippen molar-refractivity contribution in [3.63, 3.8) is 0 Å². The third-order valence-electron chi connectivity index (χ3n) is 4.88. The Morgan fingerprint density at radius 2 is 2.05 bits per heavy atom. The van der Waals surface area contributed by atoms with Crippen molar-refractivity contribution in [2.45, 2.75) is 17.9 Å². The lowest BCUT2D eigenvalue weighted by Gasteiger charge is -2.43. The first-order valence-electron chi connectivity index (χ1n) is 6.85. The molecule has 1 heterocycles. The zero-order chi connectivity index (χ0) is 13.9. The molecule has 0 aromatic heterocycles. The van der Waals surface area contributed by atoms with Gasteiger partial charge >= 0.3 is 0 Å². The first-order valence-corrected chi connectivity index (χ1v) is 7.64. The molecular formula is C16H15BrO3. The number of fused-ring (bicyclic) bond motifs is 1. The van der Waals surface area contributed by atoms with E-state index in [0.717, 1.165) is 16.7 Å². The minimum absolute atomic E-state index is 0.0646. The van der Waals surface area contributed by atoms with E-state index in [1.807, 2.05) is 12.1 Å². The normalized spacial score (nSPS) is 38.0. The number of methoxy groups -OCH3 is 1. The Labute approximate surface area is 126 Å². The van der Waals surface area contributed by atoms with Crippen LogP contribution < -0.4 is 4.74 Å². The van der Waals surface area contributed by atoms with Crippen LogP contribution in [0, 0.1) is 11.8 Å². The molecule has 3 aliphatic carbocycles. The molecule has 5 rings (SSSR count). The molecular weight excluding hydrogens is 320 g/mol.